The predicted molar refractivity (Wildman–Crippen MR) is 76.4 cm³/mol. The highest BCUT2D eigenvalue weighted by Gasteiger charge is 2.05. The van der Waals surface area contributed by atoms with Gasteiger partial charge in [-0.3, -0.25) is 0 Å². The molecule has 2 nitrogen and oxygen atoms in total. The van der Waals surface area contributed by atoms with Crippen molar-refractivity contribution in [3.63, 3.8) is 0 Å². The van der Waals surface area contributed by atoms with Crippen molar-refractivity contribution in [2.75, 3.05) is 6.61 Å². The molecule has 1 unspecified atom stereocenters. The second-order valence-electron chi connectivity index (χ2n) is 4.97. The molecule has 0 radical (unpaired) electrons. The number of benzene rings is 1. The molecule has 0 saturated heterocycles. The van der Waals surface area contributed by atoms with E-state index in [-0.39, 0.29) is 6.04 Å². The Morgan fingerprint density at radius 1 is 1.29 bits per heavy atom. The van der Waals surface area contributed by atoms with Crippen molar-refractivity contribution < 1.29 is 4.74 Å². The van der Waals surface area contributed by atoms with Crippen LogP contribution < -0.4 is 10.5 Å². The normalized spacial score (nSPS) is 12.8. The second-order valence-corrected chi connectivity index (χ2v) is 5.82. The number of nitrogens with two attached hydrogens (primary N) is 1. The van der Waals surface area contributed by atoms with Gasteiger partial charge in [0.2, 0.25) is 0 Å². The van der Waals surface area contributed by atoms with Gasteiger partial charge < -0.3 is 10.5 Å². The Hall–Kier alpha value is -0.540. The Bertz CT molecular complexity index is 350. The van der Waals surface area contributed by atoms with Crippen LogP contribution in [-0.4, -0.2) is 12.6 Å². The summed E-state index contributed by atoms with van der Waals surface area (Å²) in [4.78, 5) is 0. The maximum atomic E-state index is 5.82. The molecule has 1 aromatic carbocycles. The molecular weight excluding hydrogens is 278 g/mol. The van der Waals surface area contributed by atoms with Crippen LogP contribution in [0.1, 0.15) is 32.8 Å². The summed E-state index contributed by atoms with van der Waals surface area (Å²) in [6.07, 6.45) is 1.95. The molecule has 0 amide bonds. The number of halogens is 1. The van der Waals surface area contributed by atoms with Gasteiger partial charge in [-0.2, -0.15) is 0 Å². The highest BCUT2D eigenvalue weighted by molar-refractivity contribution is 9.10. The van der Waals surface area contributed by atoms with Gasteiger partial charge >= 0.3 is 0 Å². The maximum Gasteiger partial charge on any atom is 0.119 e. The van der Waals surface area contributed by atoms with E-state index in [0.29, 0.717) is 5.92 Å². The standard InChI is InChI=1S/C14H22BrNO/c1-10(2)6-7-17-13-4-5-14(15)12(9-13)8-11(3)16/h4-5,9-11H,6-8,16H2,1-3H3. The van der Waals surface area contributed by atoms with Crippen LogP contribution in [-0.2, 0) is 6.42 Å². The minimum atomic E-state index is 0.164. The Morgan fingerprint density at radius 2 is 2.00 bits per heavy atom. The van der Waals surface area contributed by atoms with Gasteiger partial charge in [-0.25, -0.2) is 0 Å². The lowest BCUT2D eigenvalue weighted by Gasteiger charge is -2.12. The molecule has 17 heavy (non-hydrogen) atoms. The van der Waals surface area contributed by atoms with E-state index in [1.165, 1.54) is 5.56 Å². The minimum absolute atomic E-state index is 0.164. The molecule has 0 saturated carbocycles. The summed E-state index contributed by atoms with van der Waals surface area (Å²) >= 11 is 3.54. The Kier molecular flexibility index (Phi) is 6.00. The highest BCUT2D eigenvalue weighted by atomic mass is 79.9. The van der Waals surface area contributed by atoms with Crippen LogP contribution in [0, 0.1) is 5.92 Å². The molecule has 1 rings (SSSR count). The van der Waals surface area contributed by atoms with Gasteiger partial charge in [-0.15, -0.1) is 0 Å². The Labute approximate surface area is 113 Å². The third kappa shape index (κ3) is 5.55. The van der Waals surface area contributed by atoms with E-state index in [1.54, 1.807) is 0 Å². The summed E-state index contributed by atoms with van der Waals surface area (Å²) in [5, 5.41) is 0. The largest absolute Gasteiger partial charge is 0.494 e. The van der Waals surface area contributed by atoms with Crippen LogP contribution in [0.2, 0.25) is 0 Å². The van der Waals surface area contributed by atoms with E-state index in [4.69, 9.17) is 10.5 Å². The predicted octanol–water partition coefficient (Wildman–Crippen LogP) is 3.76. The zero-order valence-corrected chi connectivity index (χ0v) is 12.5. The molecule has 0 spiro atoms. The lowest BCUT2D eigenvalue weighted by Crippen LogP contribution is -2.18. The van der Waals surface area contributed by atoms with Crippen molar-refractivity contribution in [2.45, 2.75) is 39.7 Å². The van der Waals surface area contributed by atoms with Gasteiger partial charge in [0, 0.05) is 10.5 Å². The van der Waals surface area contributed by atoms with Gasteiger partial charge in [-0.1, -0.05) is 29.8 Å². The fraction of sp³-hybridized carbons (Fsp3) is 0.571. The van der Waals surface area contributed by atoms with Crippen molar-refractivity contribution in [1.29, 1.82) is 0 Å². The molecule has 0 fully saturated rings. The van der Waals surface area contributed by atoms with Crippen molar-refractivity contribution >= 4 is 15.9 Å². The first-order chi connectivity index (χ1) is 7.99. The summed E-state index contributed by atoms with van der Waals surface area (Å²) in [6, 6.07) is 6.27. The summed E-state index contributed by atoms with van der Waals surface area (Å²) in [7, 11) is 0. The molecule has 1 atom stereocenters. The third-order valence-corrected chi connectivity index (χ3v) is 3.30. The highest BCUT2D eigenvalue weighted by Crippen LogP contribution is 2.24. The molecular formula is C14H22BrNO. The molecule has 0 aliphatic heterocycles. The van der Waals surface area contributed by atoms with Crippen LogP contribution in [0.25, 0.3) is 0 Å². The number of hydrogen-bond acceptors (Lipinski definition) is 2. The molecule has 0 heterocycles. The molecule has 0 aliphatic carbocycles. The summed E-state index contributed by atoms with van der Waals surface area (Å²) in [6.45, 7) is 7.19. The van der Waals surface area contributed by atoms with E-state index >= 15 is 0 Å². The average molecular weight is 300 g/mol. The Balaban J connectivity index is 2.61. The summed E-state index contributed by atoms with van der Waals surface area (Å²) in [5.41, 5.74) is 7.03. The van der Waals surface area contributed by atoms with Crippen LogP contribution in [0.15, 0.2) is 22.7 Å². The van der Waals surface area contributed by atoms with E-state index in [1.807, 2.05) is 19.1 Å². The van der Waals surface area contributed by atoms with E-state index in [2.05, 4.69) is 35.8 Å². The molecule has 3 heteroatoms. The third-order valence-electron chi connectivity index (χ3n) is 2.52. The fourth-order valence-corrected chi connectivity index (χ4v) is 1.97. The lowest BCUT2D eigenvalue weighted by molar-refractivity contribution is 0.289. The summed E-state index contributed by atoms with van der Waals surface area (Å²) in [5.74, 6) is 1.61. The molecule has 0 aromatic heterocycles. The SMILES string of the molecule is CC(C)CCOc1ccc(Br)c(CC(C)N)c1. The van der Waals surface area contributed by atoms with Gasteiger partial charge in [0.25, 0.3) is 0 Å². The number of hydrogen-bond donors (Lipinski definition) is 1. The van der Waals surface area contributed by atoms with Gasteiger partial charge in [0.15, 0.2) is 0 Å². The molecule has 0 aliphatic rings. The second kappa shape index (κ2) is 7.02. The van der Waals surface area contributed by atoms with E-state index < -0.39 is 0 Å². The first kappa shape index (κ1) is 14.5. The molecule has 0 bridgehead atoms. The quantitative estimate of drug-likeness (QED) is 0.868. The minimum Gasteiger partial charge on any atom is -0.494 e. The lowest BCUT2D eigenvalue weighted by atomic mass is 10.1. The smallest absolute Gasteiger partial charge is 0.119 e. The zero-order chi connectivity index (χ0) is 12.8. The monoisotopic (exact) mass is 299 g/mol. The maximum absolute atomic E-state index is 5.82. The topological polar surface area (TPSA) is 35.2 Å². The van der Waals surface area contributed by atoms with Gasteiger partial charge in [0.1, 0.15) is 5.75 Å². The van der Waals surface area contributed by atoms with Gasteiger partial charge in [-0.05, 0) is 49.4 Å². The Morgan fingerprint density at radius 3 is 2.59 bits per heavy atom. The van der Waals surface area contributed by atoms with Crippen LogP contribution in [0.3, 0.4) is 0 Å². The van der Waals surface area contributed by atoms with Crippen molar-refractivity contribution in [3.8, 4) is 5.75 Å². The first-order valence-corrected chi connectivity index (χ1v) is 6.95. The van der Waals surface area contributed by atoms with Crippen LogP contribution >= 0.6 is 15.9 Å². The number of ether oxygens (including phenoxy) is 1. The zero-order valence-electron chi connectivity index (χ0n) is 10.9. The van der Waals surface area contributed by atoms with Crippen molar-refractivity contribution in [3.05, 3.63) is 28.2 Å². The van der Waals surface area contributed by atoms with Crippen molar-refractivity contribution in [1.82, 2.24) is 0 Å². The first-order valence-electron chi connectivity index (χ1n) is 6.16. The number of rotatable bonds is 6. The van der Waals surface area contributed by atoms with Crippen LogP contribution in [0.4, 0.5) is 0 Å². The molecule has 1 aromatic rings. The average Bonchev–Trinajstić information content (AvgIpc) is 2.21. The van der Waals surface area contributed by atoms with E-state index in [9.17, 15) is 0 Å². The fourth-order valence-electron chi connectivity index (χ4n) is 1.56. The van der Waals surface area contributed by atoms with E-state index in [0.717, 1.165) is 29.7 Å². The van der Waals surface area contributed by atoms with Gasteiger partial charge in [0.05, 0.1) is 6.61 Å². The molecule has 2 N–H and O–H groups in total. The van der Waals surface area contributed by atoms with Crippen molar-refractivity contribution in [2.24, 2.45) is 11.7 Å². The molecule has 96 valence electrons. The van der Waals surface area contributed by atoms with Crippen LogP contribution in [0.5, 0.6) is 5.75 Å². The summed E-state index contributed by atoms with van der Waals surface area (Å²) < 4.78 is 6.84.